The van der Waals surface area contributed by atoms with Crippen LogP contribution in [0.25, 0.3) is 5.76 Å². The van der Waals surface area contributed by atoms with Gasteiger partial charge in [-0.05, 0) is 6.07 Å². The van der Waals surface area contributed by atoms with Gasteiger partial charge in [0, 0.05) is 32.8 Å². The minimum atomic E-state index is -0.909. The molecule has 0 aliphatic carbocycles. The van der Waals surface area contributed by atoms with Crippen molar-refractivity contribution in [3.05, 3.63) is 33.4 Å². The molecule has 0 atom stereocenters. The van der Waals surface area contributed by atoms with Crippen LogP contribution in [-0.4, -0.2) is 78.3 Å². The number of nitro benzene ring substituents is 1. The molecule has 1 aromatic rings. The Hall–Kier alpha value is -4.01. The summed E-state index contributed by atoms with van der Waals surface area (Å²) in [6, 6.07) is 3.39. The average Bonchev–Trinajstić information content (AvgIpc) is 2.67. The largest absolute Gasteiger partial charge is 0.506 e. The fourth-order valence-electron chi connectivity index (χ4n) is 2.06. The number of phenols is 1. The smallest absolute Gasteiger partial charge is 0.409 e. The van der Waals surface area contributed by atoms with Crippen molar-refractivity contribution in [3.8, 4) is 17.6 Å². The molecule has 0 saturated carbocycles. The van der Waals surface area contributed by atoms with Crippen molar-refractivity contribution >= 4 is 23.4 Å². The highest BCUT2D eigenvalue weighted by Gasteiger charge is 2.25. The van der Waals surface area contributed by atoms with Crippen molar-refractivity contribution in [2.45, 2.75) is 0 Å². The predicted octanol–water partition coefficient (Wildman–Crippen LogP) is 1.26. The maximum absolute atomic E-state index is 12.5. The van der Waals surface area contributed by atoms with E-state index in [1.165, 1.54) is 26.0 Å². The third-order valence-corrected chi connectivity index (χ3v) is 3.67. The molecule has 2 amide bonds. The lowest BCUT2D eigenvalue weighted by Crippen LogP contribution is -2.33. The number of benzene rings is 1. The van der Waals surface area contributed by atoms with Crippen LogP contribution in [0.15, 0.2) is 17.7 Å². The van der Waals surface area contributed by atoms with E-state index in [0.29, 0.717) is 0 Å². The summed E-state index contributed by atoms with van der Waals surface area (Å²) in [5.41, 5.74) is -1.75. The van der Waals surface area contributed by atoms with Gasteiger partial charge in [0.05, 0.1) is 18.6 Å². The summed E-state index contributed by atoms with van der Waals surface area (Å²) in [5.74, 6) is -2.83. The van der Waals surface area contributed by atoms with Gasteiger partial charge in [-0.3, -0.25) is 14.9 Å². The first kappa shape index (κ1) is 23.0. The van der Waals surface area contributed by atoms with Crippen LogP contribution >= 0.6 is 0 Å². The number of carbonyl (C=O) groups is 2. The number of ether oxygens (including phenoxy) is 2. The molecule has 0 bridgehead atoms. The van der Waals surface area contributed by atoms with Gasteiger partial charge in [-0.2, -0.15) is 5.26 Å². The van der Waals surface area contributed by atoms with E-state index in [1.54, 1.807) is 6.07 Å². The summed E-state index contributed by atoms with van der Waals surface area (Å²) < 4.78 is 9.70. The highest BCUT2D eigenvalue weighted by Crippen LogP contribution is 2.38. The second-order valence-electron chi connectivity index (χ2n) is 5.87. The lowest BCUT2D eigenvalue weighted by atomic mass is 10.1. The van der Waals surface area contributed by atoms with E-state index in [0.717, 1.165) is 24.1 Å². The van der Waals surface area contributed by atoms with Crippen molar-refractivity contribution in [1.82, 2.24) is 9.80 Å². The molecule has 0 saturated heterocycles. The molecule has 29 heavy (non-hydrogen) atoms. The maximum atomic E-state index is 12.5. The molecule has 0 aliphatic rings. The highest BCUT2D eigenvalue weighted by atomic mass is 16.6. The zero-order valence-corrected chi connectivity index (χ0v) is 16.2. The molecule has 0 radical (unpaired) electrons. The van der Waals surface area contributed by atoms with Gasteiger partial charge in [-0.15, -0.1) is 0 Å². The molecule has 2 N–H and O–H groups in total. The van der Waals surface area contributed by atoms with Crippen molar-refractivity contribution < 1.29 is 34.2 Å². The minimum Gasteiger partial charge on any atom is -0.506 e. The summed E-state index contributed by atoms with van der Waals surface area (Å²) in [7, 11) is 5.42. The van der Waals surface area contributed by atoms with E-state index in [-0.39, 0.29) is 24.5 Å². The molecule has 0 unspecified atom stereocenters. The van der Waals surface area contributed by atoms with E-state index >= 15 is 0 Å². The number of nitrogens with zero attached hydrogens (tertiary/aromatic N) is 4. The lowest BCUT2D eigenvalue weighted by molar-refractivity contribution is -0.386. The molecule has 156 valence electrons. The van der Waals surface area contributed by atoms with Gasteiger partial charge in [0.2, 0.25) is 5.75 Å². The average molecular weight is 408 g/mol. The summed E-state index contributed by atoms with van der Waals surface area (Å²) in [6.07, 6.45) is -0.617. The van der Waals surface area contributed by atoms with E-state index < -0.39 is 39.7 Å². The van der Waals surface area contributed by atoms with E-state index in [4.69, 9.17) is 9.47 Å². The standard InChI is InChI=1S/C17H20N4O8/c1-19(2)17(25)29-6-5-20(3)16(24)11(9-18)14(22)10-7-12(21(26)27)15(23)13(8-10)28-4/h7-8,22-23H,5-6H2,1-4H3/b14-11-. The number of hydrogen-bond acceptors (Lipinski definition) is 9. The van der Waals surface area contributed by atoms with Crippen molar-refractivity contribution in [1.29, 1.82) is 5.26 Å². The molecule has 12 nitrogen and oxygen atoms in total. The van der Waals surface area contributed by atoms with Crippen LogP contribution in [0, 0.1) is 21.4 Å². The molecule has 12 heteroatoms. The van der Waals surface area contributed by atoms with Crippen LogP contribution in [0.2, 0.25) is 0 Å². The van der Waals surface area contributed by atoms with Crippen LogP contribution in [-0.2, 0) is 9.53 Å². The fraction of sp³-hybridized carbons (Fsp3) is 0.353. The van der Waals surface area contributed by atoms with Crippen LogP contribution in [0.5, 0.6) is 11.5 Å². The molecule has 0 spiro atoms. The first-order valence-corrected chi connectivity index (χ1v) is 8.03. The predicted molar refractivity (Wildman–Crippen MR) is 99.1 cm³/mol. The van der Waals surface area contributed by atoms with Gasteiger partial charge >= 0.3 is 11.8 Å². The topological polar surface area (TPSA) is 166 Å². The number of methoxy groups -OCH3 is 1. The molecular weight excluding hydrogens is 388 g/mol. The monoisotopic (exact) mass is 408 g/mol. The third kappa shape index (κ3) is 5.48. The van der Waals surface area contributed by atoms with Crippen LogP contribution < -0.4 is 4.74 Å². The molecule has 0 heterocycles. The Kier molecular flexibility index (Phi) is 7.77. The van der Waals surface area contributed by atoms with Gasteiger partial charge in [0.25, 0.3) is 5.91 Å². The van der Waals surface area contributed by atoms with Gasteiger partial charge < -0.3 is 29.5 Å². The van der Waals surface area contributed by atoms with E-state index in [2.05, 4.69) is 0 Å². The molecule has 1 rings (SSSR count). The number of nitriles is 1. The lowest BCUT2D eigenvalue weighted by Gasteiger charge is -2.18. The highest BCUT2D eigenvalue weighted by molar-refractivity contribution is 6.03. The van der Waals surface area contributed by atoms with Crippen LogP contribution in [0.3, 0.4) is 0 Å². The molecule has 0 fully saturated rings. The summed E-state index contributed by atoms with van der Waals surface area (Å²) in [6.45, 7) is -0.229. The summed E-state index contributed by atoms with van der Waals surface area (Å²) >= 11 is 0. The zero-order chi connectivity index (χ0) is 22.3. The second-order valence-corrected chi connectivity index (χ2v) is 5.87. The van der Waals surface area contributed by atoms with Crippen molar-refractivity contribution in [2.75, 3.05) is 41.4 Å². The quantitative estimate of drug-likeness (QED) is 0.222. The fourth-order valence-corrected chi connectivity index (χ4v) is 2.06. The number of aromatic hydroxyl groups is 1. The second kappa shape index (κ2) is 9.79. The molecule has 0 aliphatic heterocycles. The first-order valence-electron chi connectivity index (χ1n) is 8.03. The van der Waals surface area contributed by atoms with Crippen molar-refractivity contribution in [2.24, 2.45) is 0 Å². The zero-order valence-electron chi connectivity index (χ0n) is 16.2. The van der Waals surface area contributed by atoms with Gasteiger partial charge in [0.1, 0.15) is 18.4 Å². The Bertz CT molecular complexity index is 888. The number of hydrogen-bond donors (Lipinski definition) is 2. The van der Waals surface area contributed by atoms with Gasteiger partial charge in [-0.1, -0.05) is 0 Å². The Labute approximate surface area is 165 Å². The Balaban J connectivity index is 3.18. The Morgan fingerprint density at radius 3 is 2.41 bits per heavy atom. The Morgan fingerprint density at radius 2 is 1.93 bits per heavy atom. The molecule has 1 aromatic carbocycles. The maximum Gasteiger partial charge on any atom is 0.409 e. The van der Waals surface area contributed by atoms with Crippen LogP contribution in [0.4, 0.5) is 10.5 Å². The number of nitro groups is 1. The SMILES string of the molecule is COc1cc(/C(O)=C(\C#N)C(=O)N(C)CCOC(=O)N(C)C)cc([N+](=O)[O-])c1O. The summed E-state index contributed by atoms with van der Waals surface area (Å²) in [5, 5.41) is 40.5. The molecule has 0 aromatic heterocycles. The number of aliphatic hydroxyl groups excluding tert-OH is 1. The molecular formula is C17H20N4O8. The van der Waals surface area contributed by atoms with Gasteiger partial charge in [0.15, 0.2) is 11.3 Å². The normalized spacial score (nSPS) is 11.0. The van der Waals surface area contributed by atoms with E-state index in [1.807, 2.05) is 0 Å². The first-order chi connectivity index (χ1) is 13.5. The number of phenolic OH excluding ortho intramolecular Hbond substituents is 1. The Morgan fingerprint density at radius 1 is 1.31 bits per heavy atom. The van der Waals surface area contributed by atoms with E-state index in [9.17, 15) is 35.2 Å². The third-order valence-electron chi connectivity index (χ3n) is 3.67. The number of aliphatic hydroxyl groups is 1. The summed E-state index contributed by atoms with van der Waals surface area (Å²) in [4.78, 5) is 36.2. The van der Waals surface area contributed by atoms with Crippen LogP contribution in [0.1, 0.15) is 5.56 Å². The number of rotatable bonds is 7. The van der Waals surface area contributed by atoms with Crippen molar-refractivity contribution in [3.63, 3.8) is 0 Å². The minimum absolute atomic E-state index is 0.0735. The number of carbonyl (C=O) groups excluding carboxylic acids is 2. The number of likely N-dealkylation sites (N-methyl/N-ethyl adjacent to an activating group) is 1. The van der Waals surface area contributed by atoms with Gasteiger partial charge in [-0.25, -0.2) is 4.79 Å². The number of amides is 2.